The summed E-state index contributed by atoms with van der Waals surface area (Å²) in [5.74, 6) is 0. The van der Waals surface area contributed by atoms with E-state index in [0.717, 1.165) is 0 Å². The Morgan fingerprint density at radius 3 is 2.39 bits per heavy atom. The number of anilines is 1. The van der Waals surface area contributed by atoms with E-state index in [2.05, 4.69) is 0 Å². The lowest BCUT2D eigenvalue weighted by Gasteiger charge is -2.25. The van der Waals surface area contributed by atoms with Crippen LogP contribution in [0.5, 0.6) is 0 Å². The van der Waals surface area contributed by atoms with Crippen LogP contribution in [-0.4, -0.2) is 37.9 Å². The van der Waals surface area contributed by atoms with Gasteiger partial charge in [0.1, 0.15) is 0 Å². The van der Waals surface area contributed by atoms with Crippen LogP contribution >= 0.6 is 0 Å². The van der Waals surface area contributed by atoms with Gasteiger partial charge in [0.05, 0.1) is 18.3 Å². The summed E-state index contributed by atoms with van der Waals surface area (Å²) in [7, 11) is -3.45. The van der Waals surface area contributed by atoms with Crippen LogP contribution in [0.1, 0.15) is 13.8 Å². The molecule has 6 heteroatoms. The Balaban J connectivity index is 2.41. The number of benzene rings is 1. The molecule has 0 bridgehead atoms. The lowest BCUT2D eigenvalue weighted by Crippen LogP contribution is -2.43. The average Bonchev–Trinajstić information content (AvgIpc) is 2.61. The molecule has 1 aliphatic heterocycles. The zero-order valence-electron chi connectivity index (χ0n) is 10.7. The zero-order chi connectivity index (χ0) is 13.3. The zero-order valence-corrected chi connectivity index (χ0v) is 11.5. The molecule has 1 atom stereocenters. The Morgan fingerprint density at radius 1 is 1.33 bits per heavy atom. The van der Waals surface area contributed by atoms with Crippen LogP contribution in [0.4, 0.5) is 5.69 Å². The second-order valence-corrected chi connectivity index (χ2v) is 6.45. The predicted octanol–water partition coefficient (Wildman–Crippen LogP) is 0.789. The molecule has 1 heterocycles. The topological polar surface area (TPSA) is 66.6 Å². The van der Waals surface area contributed by atoms with Crippen molar-refractivity contribution < 1.29 is 8.42 Å². The van der Waals surface area contributed by atoms with Crippen LogP contribution in [0, 0.1) is 0 Å². The van der Waals surface area contributed by atoms with Crippen molar-refractivity contribution >= 4 is 15.9 Å². The first-order valence-electron chi connectivity index (χ1n) is 6.04. The standard InChI is InChI=1S/C12H19N3O2S/c1-10(2)15-12(8-13)9-14(18(15,16)17)11-6-4-3-5-7-11/h3-7,10,12H,8-9,13H2,1-2H3. The van der Waals surface area contributed by atoms with Crippen LogP contribution in [0.2, 0.25) is 0 Å². The summed E-state index contributed by atoms with van der Waals surface area (Å²) in [5.41, 5.74) is 6.38. The summed E-state index contributed by atoms with van der Waals surface area (Å²) in [5, 5.41) is 0. The number of rotatable bonds is 3. The van der Waals surface area contributed by atoms with E-state index in [1.807, 2.05) is 32.0 Å². The van der Waals surface area contributed by atoms with Gasteiger partial charge in [-0.15, -0.1) is 0 Å². The van der Waals surface area contributed by atoms with E-state index in [4.69, 9.17) is 5.73 Å². The van der Waals surface area contributed by atoms with Crippen molar-refractivity contribution in [2.24, 2.45) is 5.73 Å². The summed E-state index contributed by atoms with van der Waals surface area (Å²) in [4.78, 5) is 0. The van der Waals surface area contributed by atoms with E-state index < -0.39 is 10.2 Å². The van der Waals surface area contributed by atoms with Crippen molar-refractivity contribution in [3.8, 4) is 0 Å². The number of para-hydroxylation sites is 1. The monoisotopic (exact) mass is 269 g/mol. The molecule has 1 aromatic carbocycles. The fourth-order valence-electron chi connectivity index (χ4n) is 2.37. The molecule has 18 heavy (non-hydrogen) atoms. The fraction of sp³-hybridized carbons (Fsp3) is 0.500. The molecule has 2 N–H and O–H groups in total. The molecule has 0 amide bonds. The van der Waals surface area contributed by atoms with Gasteiger partial charge >= 0.3 is 10.2 Å². The molecular weight excluding hydrogens is 250 g/mol. The molecule has 1 aliphatic rings. The Bertz CT molecular complexity index is 501. The SMILES string of the molecule is CC(C)N1C(CN)CN(c2ccccc2)S1(=O)=O. The molecule has 5 nitrogen and oxygen atoms in total. The predicted molar refractivity (Wildman–Crippen MR) is 72.5 cm³/mol. The lowest BCUT2D eigenvalue weighted by molar-refractivity contribution is 0.308. The molecule has 1 fully saturated rings. The molecule has 0 aliphatic carbocycles. The third-order valence-corrected chi connectivity index (χ3v) is 5.28. The van der Waals surface area contributed by atoms with E-state index >= 15 is 0 Å². The second kappa shape index (κ2) is 4.87. The summed E-state index contributed by atoms with van der Waals surface area (Å²) < 4.78 is 27.9. The van der Waals surface area contributed by atoms with E-state index in [1.165, 1.54) is 8.61 Å². The van der Waals surface area contributed by atoms with Gasteiger partial charge in [-0.05, 0) is 26.0 Å². The van der Waals surface area contributed by atoms with Crippen molar-refractivity contribution in [2.75, 3.05) is 17.4 Å². The fourth-order valence-corrected chi connectivity index (χ4v) is 4.41. The maximum absolute atomic E-state index is 12.5. The summed E-state index contributed by atoms with van der Waals surface area (Å²) in [6.45, 7) is 4.49. The number of hydrogen-bond acceptors (Lipinski definition) is 3. The largest absolute Gasteiger partial charge is 0.329 e. The van der Waals surface area contributed by atoms with Crippen molar-refractivity contribution in [2.45, 2.75) is 25.9 Å². The molecule has 1 saturated heterocycles. The Kier molecular flexibility index (Phi) is 3.61. The number of nitrogens with zero attached hydrogens (tertiary/aromatic N) is 2. The molecule has 2 rings (SSSR count). The Morgan fingerprint density at radius 2 is 1.94 bits per heavy atom. The molecule has 0 aromatic heterocycles. The second-order valence-electron chi connectivity index (χ2n) is 4.69. The Labute approximate surface area is 108 Å². The molecule has 1 unspecified atom stereocenters. The van der Waals surface area contributed by atoms with Crippen LogP contribution in [0.15, 0.2) is 30.3 Å². The highest BCUT2D eigenvalue weighted by atomic mass is 32.2. The minimum atomic E-state index is -3.45. The maximum atomic E-state index is 12.5. The van der Waals surface area contributed by atoms with Gasteiger partial charge in [0.25, 0.3) is 0 Å². The molecular formula is C12H19N3O2S. The minimum Gasteiger partial charge on any atom is -0.329 e. The quantitative estimate of drug-likeness (QED) is 0.882. The van der Waals surface area contributed by atoms with E-state index in [0.29, 0.717) is 18.8 Å². The molecule has 100 valence electrons. The molecule has 0 saturated carbocycles. The number of nitrogens with two attached hydrogens (primary N) is 1. The minimum absolute atomic E-state index is 0.0859. The highest BCUT2D eigenvalue weighted by Gasteiger charge is 2.44. The van der Waals surface area contributed by atoms with Crippen molar-refractivity contribution in [3.63, 3.8) is 0 Å². The van der Waals surface area contributed by atoms with Gasteiger partial charge in [0.15, 0.2) is 0 Å². The van der Waals surface area contributed by atoms with E-state index in [1.54, 1.807) is 12.1 Å². The van der Waals surface area contributed by atoms with Crippen LogP contribution in [-0.2, 0) is 10.2 Å². The molecule has 0 radical (unpaired) electrons. The molecule has 0 spiro atoms. The normalized spacial score (nSPS) is 23.8. The van der Waals surface area contributed by atoms with E-state index in [9.17, 15) is 8.42 Å². The lowest BCUT2D eigenvalue weighted by atomic mass is 10.2. The van der Waals surface area contributed by atoms with Gasteiger partial charge in [0.2, 0.25) is 0 Å². The Hall–Kier alpha value is -1.11. The van der Waals surface area contributed by atoms with Crippen molar-refractivity contribution in [1.29, 1.82) is 0 Å². The smallest absolute Gasteiger partial charge is 0.304 e. The van der Waals surface area contributed by atoms with Gasteiger partial charge < -0.3 is 5.73 Å². The average molecular weight is 269 g/mol. The first-order chi connectivity index (χ1) is 8.48. The summed E-state index contributed by atoms with van der Waals surface area (Å²) in [6, 6.07) is 8.89. The highest BCUT2D eigenvalue weighted by Crippen LogP contribution is 2.29. The third kappa shape index (κ3) is 2.11. The van der Waals surface area contributed by atoms with Gasteiger partial charge in [-0.2, -0.15) is 12.7 Å². The van der Waals surface area contributed by atoms with E-state index in [-0.39, 0.29) is 12.1 Å². The van der Waals surface area contributed by atoms with Gasteiger partial charge in [-0.3, -0.25) is 4.31 Å². The number of hydrogen-bond donors (Lipinski definition) is 1. The van der Waals surface area contributed by atoms with Crippen LogP contribution in [0.3, 0.4) is 0 Å². The van der Waals surface area contributed by atoms with Crippen LogP contribution in [0.25, 0.3) is 0 Å². The third-order valence-electron chi connectivity index (χ3n) is 3.11. The van der Waals surface area contributed by atoms with Gasteiger partial charge in [-0.1, -0.05) is 18.2 Å². The maximum Gasteiger partial charge on any atom is 0.304 e. The highest BCUT2D eigenvalue weighted by molar-refractivity contribution is 7.90. The first-order valence-corrected chi connectivity index (χ1v) is 7.44. The summed E-state index contributed by atoms with van der Waals surface area (Å²) in [6.07, 6.45) is 0. The van der Waals surface area contributed by atoms with Gasteiger partial charge in [0, 0.05) is 12.6 Å². The van der Waals surface area contributed by atoms with Crippen molar-refractivity contribution in [1.82, 2.24) is 4.31 Å². The molecule has 1 aromatic rings. The van der Waals surface area contributed by atoms with Gasteiger partial charge in [-0.25, -0.2) is 0 Å². The summed E-state index contributed by atoms with van der Waals surface area (Å²) >= 11 is 0. The van der Waals surface area contributed by atoms with Crippen molar-refractivity contribution in [3.05, 3.63) is 30.3 Å². The first kappa shape index (κ1) is 13.3. The van der Waals surface area contributed by atoms with Crippen LogP contribution < -0.4 is 10.0 Å².